The summed E-state index contributed by atoms with van der Waals surface area (Å²) in [5.74, 6) is 0. The van der Waals surface area contributed by atoms with E-state index in [1.165, 1.54) is 0 Å². The number of hydrogen-bond donors (Lipinski definition) is 0. The van der Waals surface area contributed by atoms with Crippen LogP contribution in [0.2, 0.25) is 0 Å². The third-order valence-corrected chi connectivity index (χ3v) is 0. The Morgan fingerprint density at radius 1 is 1.00 bits per heavy atom. The molecule has 0 heterocycles. The summed E-state index contributed by atoms with van der Waals surface area (Å²) in [5.41, 5.74) is 0. The lowest BCUT2D eigenvalue weighted by Crippen LogP contribution is -1.07. The standard InChI is InChI=1S/C3H6.3CH4.2ClH/c1-3-2;;;;;/h3H,1H2,2H3;3*1H4;2*1H. The van der Waals surface area contributed by atoms with Gasteiger partial charge in [-0.1, -0.05) is 28.4 Å². The van der Waals surface area contributed by atoms with E-state index in [0.717, 1.165) is 0 Å². The molecule has 0 unspecified atom stereocenters. The average molecular weight is 163 g/mol. The highest BCUT2D eigenvalue weighted by Gasteiger charge is 1.15. The summed E-state index contributed by atoms with van der Waals surface area (Å²) in [7, 11) is 0. The van der Waals surface area contributed by atoms with Crippen molar-refractivity contribution in [1.29, 1.82) is 0 Å². The fraction of sp³-hybridized carbons (Fsp3) is 0.667. The smallest absolute Gasteiger partial charge is 0.0473 e. The Kier molecular flexibility index (Phi) is 1740. The first-order valence-corrected chi connectivity index (χ1v) is 0.986. The Hall–Kier alpha value is 0.320. The van der Waals surface area contributed by atoms with E-state index < -0.39 is 0 Å². The molecule has 0 radical (unpaired) electrons. The van der Waals surface area contributed by atoms with Crippen LogP contribution in [0.4, 0.5) is 0 Å². The molecular weight excluding hydrogens is 143 g/mol. The van der Waals surface area contributed by atoms with Gasteiger partial charge in [0.25, 0.3) is 0 Å². The molecule has 2 heteroatoms. The van der Waals surface area contributed by atoms with Crippen LogP contribution in [0.3, 0.4) is 0 Å². The third-order valence-electron chi connectivity index (χ3n) is 0. The van der Waals surface area contributed by atoms with Crippen LogP contribution < -0.4 is 0 Å². The van der Waals surface area contributed by atoms with Gasteiger partial charge in [-0.05, 0) is 6.92 Å². The van der Waals surface area contributed by atoms with Crippen molar-refractivity contribution in [3.63, 3.8) is 0 Å². The Balaban J connectivity index is -0.00000000200. The fourth-order valence-corrected chi connectivity index (χ4v) is 0. The quantitative estimate of drug-likeness (QED) is 0.474. The summed E-state index contributed by atoms with van der Waals surface area (Å²) < 4.78 is 0. The van der Waals surface area contributed by atoms with E-state index in [1.54, 1.807) is 6.08 Å². The molecule has 0 nitrogen and oxygen atoms in total. The first-order chi connectivity index (χ1) is 1.41. The van der Waals surface area contributed by atoms with E-state index in [0.29, 0.717) is 0 Å². The predicted octanol–water partition coefficient (Wildman–Crippen LogP) is 3.94. The zero-order chi connectivity index (χ0) is 2.71. The first kappa shape index (κ1) is 82.8. The van der Waals surface area contributed by atoms with Gasteiger partial charge in [-0.25, -0.2) is 0 Å². The number of hydrogen-bond acceptors (Lipinski definition) is 0. The van der Waals surface area contributed by atoms with E-state index in [9.17, 15) is 0 Å². The second-order valence-electron chi connectivity index (χ2n) is 0.408. The molecule has 0 aliphatic carbocycles. The summed E-state index contributed by atoms with van der Waals surface area (Å²) >= 11 is 0. The Morgan fingerprint density at radius 3 is 1.00 bits per heavy atom. The van der Waals surface area contributed by atoms with E-state index in [-0.39, 0.29) is 47.1 Å². The highest BCUT2D eigenvalue weighted by atomic mass is 35.5. The lowest BCUT2D eigenvalue weighted by molar-refractivity contribution is 1.80. The molecule has 0 aromatic heterocycles. The highest BCUT2D eigenvalue weighted by molar-refractivity contribution is 5.85. The van der Waals surface area contributed by atoms with Gasteiger partial charge in [-0.2, -0.15) is 0 Å². The van der Waals surface area contributed by atoms with E-state index in [2.05, 4.69) is 6.58 Å². The van der Waals surface area contributed by atoms with Gasteiger partial charge in [-0.15, -0.1) is 31.4 Å². The van der Waals surface area contributed by atoms with E-state index in [4.69, 9.17) is 0 Å². The SMILES string of the molecule is C.C.C.C=CC.Cl.Cl. The van der Waals surface area contributed by atoms with Crippen molar-refractivity contribution in [2.24, 2.45) is 0 Å². The Morgan fingerprint density at radius 2 is 1.00 bits per heavy atom. The van der Waals surface area contributed by atoms with Crippen LogP contribution in [-0.2, 0) is 0 Å². The van der Waals surface area contributed by atoms with Crippen molar-refractivity contribution in [1.82, 2.24) is 0 Å². The number of allylic oxidation sites excluding steroid dienone is 1. The lowest BCUT2D eigenvalue weighted by atomic mass is 10.8. The minimum atomic E-state index is 0. The topological polar surface area (TPSA) is 0 Å². The molecule has 0 atom stereocenters. The summed E-state index contributed by atoms with van der Waals surface area (Å²) in [6.07, 6.45) is 1.75. The molecule has 0 N–H and O–H groups in total. The molecule has 0 fully saturated rings. The molecule has 58 valence electrons. The van der Waals surface area contributed by atoms with E-state index >= 15 is 0 Å². The summed E-state index contributed by atoms with van der Waals surface area (Å²) in [6, 6.07) is 0. The van der Waals surface area contributed by atoms with Gasteiger partial charge in [0.15, 0.2) is 0 Å². The molecule has 0 spiro atoms. The molecule has 0 rings (SSSR count). The van der Waals surface area contributed by atoms with Gasteiger partial charge in [-0.3, -0.25) is 0 Å². The molecule has 0 saturated carbocycles. The van der Waals surface area contributed by atoms with Gasteiger partial charge in [0.1, 0.15) is 0 Å². The van der Waals surface area contributed by atoms with Gasteiger partial charge in [0.2, 0.25) is 0 Å². The van der Waals surface area contributed by atoms with Crippen LogP contribution in [0.15, 0.2) is 12.7 Å². The summed E-state index contributed by atoms with van der Waals surface area (Å²) in [5, 5.41) is 0. The van der Waals surface area contributed by atoms with Crippen molar-refractivity contribution in [3.8, 4) is 0 Å². The van der Waals surface area contributed by atoms with Gasteiger partial charge in [0.05, 0.1) is 0 Å². The van der Waals surface area contributed by atoms with E-state index in [1.807, 2.05) is 6.92 Å². The number of halogens is 2. The maximum Gasteiger partial charge on any atom is -0.0473 e. The van der Waals surface area contributed by atoms with Crippen LogP contribution in [0, 0.1) is 0 Å². The monoisotopic (exact) mass is 162 g/mol. The van der Waals surface area contributed by atoms with Crippen molar-refractivity contribution in [2.75, 3.05) is 0 Å². The molecule has 0 aliphatic rings. The number of rotatable bonds is 0. The predicted molar refractivity (Wildman–Crippen MR) is 50.6 cm³/mol. The lowest BCUT2D eigenvalue weighted by Gasteiger charge is -1.31. The van der Waals surface area contributed by atoms with Crippen LogP contribution >= 0.6 is 24.8 Å². The van der Waals surface area contributed by atoms with Crippen LogP contribution in [0.5, 0.6) is 0 Å². The summed E-state index contributed by atoms with van der Waals surface area (Å²) in [6.45, 7) is 5.25. The highest BCUT2D eigenvalue weighted by Crippen LogP contribution is 1.38. The normalized spacial score (nSPS) is 1.62. The van der Waals surface area contributed by atoms with Crippen molar-refractivity contribution >= 4 is 24.8 Å². The van der Waals surface area contributed by atoms with Gasteiger partial charge < -0.3 is 0 Å². The maximum absolute atomic E-state index is 3.36. The second kappa shape index (κ2) is 168. The first-order valence-electron chi connectivity index (χ1n) is 0.986. The van der Waals surface area contributed by atoms with Crippen molar-refractivity contribution in [2.45, 2.75) is 29.2 Å². The zero-order valence-electron chi connectivity index (χ0n) is 3.10. The minimum absolute atomic E-state index is 0. The Labute approximate surface area is 67.2 Å². The molecular formula is C6H20Cl2. The molecule has 0 bridgehead atoms. The van der Waals surface area contributed by atoms with Crippen LogP contribution in [0.25, 0.3) is 0 Å². The molecule has 0 aromatic carbocycles. The molecule has 0 amide bonds. The van der Waals surface area contributed by atoms with Crippen LogP contribution in [-0.4, -0.2) is 0 Å². The zero-order valence-corrected chi connectivity index (χ0v) is 4.73. The molecule has 0 aromatic rings. The third kappa shape index (κ3) is 1750. The Bertz CT molecular complexity index is 14.0. The van der Waals surface area contributed by atoms with Gasteiger partial charge >= 0.3 is 0 Å². The van der Waals surface area contributed by atoms with Crippen molar-refractivity contribution < 1.29 is 0 Å². The van der Waals surface area contributed by atoms with Crippen LogP contribution in [0.1, 0.15) is 29.2 Å². The average Bonchev–Trinajstić information content (AvgIpc) is 0.918. The largest absolute Gasteiger partial charge is 0.147 e. The fourth-order valence-electron chi connectivity index (χ4n) is 0. The molecule has 0 aliphatic heterocycles. The summed E-state index contributed by atoms with van der Waals surface area (Å²) in [4.78, 5) is 0. The maximum atomic E-state index is 3.36. The van der Waals surface area contributed by atoms with Gasteiger partial charge in [0, 0.05) is 0 Å². The molecule has 0 saturated heterocycles. The second-order valence-corrected chi connectivity index (χ2v) is 0.408. The minimum Gasteiger partial charge on any atom is -0.147 e. The van der Waals surface area contributed by atoms with Crippen molar-refractivity contribution in [3.05, 3.63) is 12.7 Å². The molecule has 8 heavy (non-hydrogen) atoms.